The third kappa shape index (κ3) is 14.2. The summed E-state index contributed by atoms with van der Waals surface area (Å²) in [7, 11) is 0. The van der Waals surface area contributed by atoms with Gasteiger partial charge in [-0.1, -0.05) is 90.9 Å². The molecule has 0 aromatic rings. The van der Waals surface area contributed by atoms with Gasteiger partial charge in [0.25, 0.3) is 0 Å². The number of carbonyl (C=O) groups is 1. The Balaban J connectivity index is 3.47. The van der Waals surface area contributed by atoms with Gasteiger partial charge in [-0.3, -0.25) is 0 Å². The van der Waals surface area contributed by atoms with E-state index in [1.54, 1.807) is 0 Å². The van der Waals surface area contributed by atoms with Crippen molar-refractivity contribution in [1.29, 1.82) is 0 Å². The largest absolute Gasteiger partial charge is 0.351 e. The van der Waals surface area contributed by atoms with E-state index in [-0.39, 0.29) is 6.03 Å². The smallest absolute Gasteiger partial charge is 0.314 e. The zero-order chi connectivity index (χ0) is 16.5. The Labute approximate surface area is 139 Å². The van der Waals surface area contributed by atoms with Crippen LogP contribution in [0.2, 0.25) is 0 Å². The van der Waals surface area contributed by atoms with Gasteiger partial charge in [-0.05, 0) is 12.8 Å². The van der Waals surface area contributed by atoms with Gasteiger partial charge in [0.05, 0.1) is 0 Å². The zero-order valence-electron chi connectivity index (χ0n) is 15.2. The highest BCUT2D eigenvalue weighted by molar-refractivity contribution is 5.71. The molecule has 0 aliphatic rings. The normalized spacial score (nSPS) is 10.8. The highest BCUT2D eigenvalue weighted by Gasteiger charge is 2.08. The SMILES string of the molecule is CCCCCCCCCCCN(CCCCCCC)C(N)=O. The molecule has 2 amide bonds. The van der Waals surface area contributed by atoms with Crippen molar-refractivity contribution < 1.29 is 4.79 Å². The summed E-state index contributed by atoms with van der Waals surface area (Å²) in [6, 6.07) is -0.241. The number of unbranched alkanes of at least 4 members (excludes halogenated alkanes) is 12. The van der Waals surface area contributed by atoms with E-state index in [1.807, 2.05) is 4.90 Å². The third-order valence-corrected chi connectivity index (χ3v) is 4.37. The van der Waals surface area contributed by atoms with E-state index in [9.17, 15) is 4.79 Å². The summed E-state index contributed by atoms with van der Waals surface area (Å²) in [6.45, 7) is 6.17. The van der Waals surface area contributed by atoms with Gasteiger partial charge in [0.15, 0.2) is 0 Å². The summed E-state index contributed by atoms with van der Waals surface area (Å²) in [6.07, 6.45) is 18.0. The number of carbonyl (C=O) groups excluding carboxylic acids is 1. The number of urea groups is 1. The first-order valence-corrected chi connectivity index (χ1v) is 9.76. The van der Waals surface area contributed by atoms with Crippen LogP contribution in [-0.2, 0) is 0 Å². The number of primary amides is 1. The maximum absolute atomic E-state index is 11.4. The molecule has 0 saturated carbocycles. The number of hydrogen-bond acceptors (Lipinski definition) is 1. The van der Waals surface area contributed by atoms with Gasteiger partial charge in [0, 0.05) is 13.1 Å². The summed E-state index contributed by atoms with van der Waals surface area (Å²) >= 11 is 0. The van der Waals surface area contributed by atoms with E-state index in [1.165, 1.54) is 77.0 Å². The van der Waals surface area contributed by atoms with Crippen molar-refractivity contribution in [2.24, 2.45) is 5.73 Å². The third-order valence-electron chi connectivity index (χ3n) is 4.37. The van der Waals surface area contributed by atoms with Crippen molar-refractivity contribution in [3.05, 3.63) is 0 Å². The lowest BCUT2D eigenvalue weighted by Crippen LogP contribution is -2.37. The van der Waals surface area contributed by atoms with Crippen molar-refractivity contribution in [3.63, 3.8) is 0 Å². The Hall–Kier alpha value is -0.730. The standard InChI is InChI=1S/C19H40N2O/c1-3-5-7-9-10-11-12-14-16-18-21(19(20)22)17-15-13-8-6-4-2/h3-18H2,1-2H3,(H2,20,22). The second kappa shape index (κ2) is 16.6. The maximum atomic E-state index is 11.4. The van der Waals surface area contributed by atoms with Crippen LogP contribution in [0.5, 0.6) is 0 Å². The maximum Gasteiger partial charge on any atom is 0.314 e. The molecule has 2 N–H and O–H groups in total. The van der Waals surface area contributed by atoms with E-state index in [2.05, 4.69) is 13.8 Å². The van der Waals surface area contributed by atoms with Crippen LogP contribution in [0.15, 0.2) is 0 Å². The van der Waals surface area contributed by atoms with Crippen LogP contribution in [-0.4, -0.2) is 24.0 Å². The lowest BCUT2D eigenvalue weighted by molar-refractivity contribution is 0.205. The monoisotopic (exact) mass is 312 g/mol. The highest BCUT2D eigenvalue weighted by atomic mass is 16.2. The number of amides is 2. The summed E-state index contributed by atoms with van der Waals surface area (Å²) in [5, 5.41) is 0. The molecule has 0 spiro atoms. The molecule has 22 heavy (non-hydrogen) atoms. The molecule has 0 saturated heterocycles. The van der Waals surface area contributed by atoms with Crippen molar-refractivity contribution >= 4 is 6.03 Å². The molecule has 0 aromatic carbocycles. The van der Waals surface area contributed by atoms with Crippen LogP contribution in [0.1, 0.15) is 104 Å². The molecule has 0 radical (unpaired) electrons. The fraction of sp³-hybridized carbons (Fsp3) is 0.947. The van der Waals surface area contributed by atoms with Gasteiger partial charge in [0.1, 0.15) is 0 Å². The fourth-order valence-corrected chi connectivity index (χ4v) is 2.85. The van der Waals surface area contributed by atoms with E-state index in [0.717, 1.165) is 25.9 Å². The quantitative estimate of drug-likeness (QED) is 0.356. The van der Waals surface area contributed by atoms with Gasteiger partial charge >= 0.3 is 6.03 Å². The Kier molecular flexibility index (Phi) is 16.1. The van der Waals surface area contributed by atoms with Crippen LogP contribution in [0.3, 0.4) is 0 Å². The molecular weight excluding hydrogens is 272 g/mol. The van der Waals surface area contributed by atoms with Gasteiger partial charge < -0.3 is 10.6 Å². The summed E-state index contributed by atoms with van der Waals surface area (Å²) in [5.74, 6) is 0. The zero-order valence-corrected chi connectivity index (χ0v) is 15.2. The molecule has 3 heteroatoms. The van der Waals surface area contributed by atoms with Crippen molar-refractivity contribution in [1.82, 2.24) is 4.90 Å². The molecule has 132 valence electrons. The Morgan fingerprint density at radius 3 is 1.27 bits per heavy atom. The van der Waals surface area contributed by atoms with Crippen LogP contribution in [0.4, 0.5) is 4.79 Å². The number of rotatable bonds is 16. The molecule has 0 unspecified atom stereocenters. The summed E-state index contributed by atoms with van der Waals surface area (Å²) in [4.78, 5) is 13.3. The molecule has 0 aromatic heterocycles. The summed E-state index contributed by atoms with van der Waals surface area (Å²) < 4.78 is 0. The highest BCUT2D eigenvalue weighted by Crippen LogP contribution is 2.10. The molecular formula is C19H40N2O. The molecule has 0 rings (SSSR count). The van der Waals surface area contributed by atoms with Gasteiger partial charge in [-0.15, -0.1) is 0 Å². The first-order valence-electron chi connectivity index (χ1n) is 9.76. The molecule has 0 aliphatic heterocycles. The molecule has 0 fully saturated rings. The van der Waals surface area contributed by atoms with E-state index in [0.29, 0.717) is 0 Å². The first-order chi connectivity index (χ1) is 10.7. The minimum absolute atomic E-state index is 0.241. The molecule has 0 bridgehead atoms. The molecule has 0 heterocycles. The average Bonchev–Trinajstić information content (AvgIpc) is 2.50. The molecule has 0 aliphatic carbocycles. The molecule has 0 atom stereocenters. The van der Waals surface area contributed by atoms with Crippen molar-refractivity contribution in [3.8, 4) is 0 Å². The lowest BCUT2D eigenvalue weighted by Gasteiger charge is -2.20. The Bertz CT molecular complexity index is 244. The predicted molar refractivity (Wildman–Crippen MR) is 97.1 cm³/mol. The number of nitrogens with two attached hydrogens (primary N) is 1. The van der Waals surface area contributed by atoms with Crippen LogP contribution < -0.4 is 5.73 Å². The topological polar surface area (TPSA) is 46.3 Å². The van der Waals surface area contributed by atoms with Gasteiger partial charge in [-0.25, -0.2) is 4.79 Å². The van der Waals surface area contributed by atoms with E-state index in [4.69, 9.17) is 5.73 Å². The fourth-order valence-electron chi connectivity index (χ4n) is 2.85. The second-order valence-corrected chi connectivity index (χ2v) is 6.57. The van der Waals surface area contributed by atoms with Crippen molar-refractivity contribution in [2.45, 2.75) is 104 Å². The first kappa shape index (κ1) is 21.3. The minimum Gasteiger partial charge on any atom is -0.351 e. The summed E-state index contributed by atoms with van der Waals surface area (Å²) in [5.41, 5.74) is 5.47. The number of nitrogens with zero attached hydrogens (tertiary/aromatic N) is 1. The number of hydrogen-bond donors (Lipinski definition) is 1. The van der Waals surface area contributed by atoms with Crippen LogP contribution in [0, 0.1) is 0 Å². The Morgan fingerprint density at radius 1 is 0.636 bits per heavy atom. The van der Waals surface area contributed by atoms with Gasteiger partial charge in [0.2, 0.25) is 0 Å². The Morgan fingerprint density at radius 2 is 0.955 bits per heavy atom. The lowest BCUT2D eigenvalue weighted by atomic mass is 10.1. The second-order valence-electron chi connectivity index (χ2n) is 6.57. The van der Waals surface area contributed by atoms with E-state index >= 15 is 0 Å². The molecule has 3 nitrogen and oxygen atoms in total. The van der Waals surface area contributed by atoms with Crippen molar-refractivity contribution in [2.75, 3.05) is 13.1 Å². The minimum atomic E-state index is -0.241. The average molecular weight is 313 g/mol. The predicted octanol–water partition coefficient (Wildman–Crippen LogP) is 5.87. The van der Waals surface area contributed by atoms with Crippen LogP contribution in [0.25, 0.3) is 0 Å². The van der Waals surface area contributed by atoms with Gasteiger partial charge in [-0.2, -0.15) is 0 Å². The van der Waals surface area contributed by atoms with E-state index < -0.39 is 0 Å². The van der Waals surface area contributed by atoms with Crippen LogP contribution >= 0.6 is 0 Å².